The summed E-state index contributed by atoms with van der Waals surface area (Å²) in [5.41, 5.74) is 7.77. The molecule has 114 valence electrons. The van der Waals surface area contributed by atoms with E-state index in [2.05, 4.69) is 24.0 Å². The molecule has 0 atom stereocenters. The third-order valence-corrected chi connectivity index (χ3v) is 4.43. The van der Waals surface area contributed by atoms with Crippen molar-refractivity contribution in [1.82, 2.24) is 4.90 Å². The summed E-state index contributed by atoms with van der Waals surface area (Å²) in [6.45, 7) is 4.10. The fourth-order valence-corrected chi connectivity index (χ4v) is 3.14. The van der Waals surface area contributed by atoms with Crippen LogP contribution in [0.15, 0.2) is 18.2 Å². The number of rotatable bonds is 5. The molecule has 0 heterocycles. The number of ether oxygens (including phenoxy) is 1. The molecule has 0 saturated heterocycles. The lowest BCUT2D eigenvalue weighted by atomic mass is 9.90. The van der Waals surface area contributed by atoms with E-state index in [1.165, 1.54) is 18.4 Å². The van der Waals surface area contributed by atoms with Gasteiger partial charge in [-0.3, -0.25) is 4.90 Å². The van der Waals surface area contributed by atoms with E-state index in [0.29, 0.717) is 23.4 Å². The van der Waals surface area contributed by atoms with Crippen LogP contribution in [0.1, 0.15) is 43.7 Å². The Morgan fingerprint density at radius 1 is 1.33 bits per heavy atom. The van der Waals surface area contributed by atoms with Gasteiger partial charge in [0, 0.05) is 18.6 Å². The first-order valence-electron chi connectivity index (χ1n) is 7.74. The highest BCUT2D eigenvalue weighted by atomic mass is 16.5. The maximum atomic E-state index is 9.19. The van der Waals surface area contributed by atoms with Crippen molar-refractivity contribution in [3.8, 4) is 11.8 Å². The van der Waals surface area contributed by atoms with Crippen molar-refractivity contribution in [1.29, 1.82) is 5.26 Å². The second-order valence-electron chi connectivity index (χ2n) is 5.78. The monoisotopic (exact) mass is 287 g/mol. The molecule has 0 aliphatic heterocycles. The van der Waals surface area contributed by atoms with Gasteiger partial charge in [-0.2, -0.15) is 5.26 Å². The minimum Gasteiger partial charge on any atom is -0.495 e. The van der Waals surface area contributed by atoms with Crippen molar-refractivity contribution >= 4 is 0 Å². The predicted molar refractivity (Wildman–Crippen MR) is 84.0 cm³/mol. The highest BCUT2D eigenvalue weighted by molar-refractivity contribution is 5.45. The van der Waals surface area contributed by atoms with Gasteiger partial charge >= 0.3 is 0 Å². The molecule has 1 aromatic rings. The summed E-state index contributed by atoms with van der Waals surface area (Å²) < 4.78 is 5.20. The fourth-order valence-electron chi connectivity index (χ4n) is 3.14. The lowest BCUT2D eigenvalue weighted by molar-refractivity contribution is 0.149. The fraction of sp³-hybridized carbons (Fsp3) is 0.588. The zero-order valence-corrected chi connectivity index (χ0v) is 13.0. The normalized spacial score (nSPS) is 22.0. The molecule has 0 amide bonds. The van der Waals surface area contributed by atoms with Gasteiger partial charge in [-0.15, -0.1) is 0 Å². The Morgan fingerprint density at radius 3 is 2.62 bits per heavy atom. The number of methoxy groups -OCH3 is 1. The largest absolute Gasteiger partial charge is 0.495 e. The highest BCUT2D eigenvalue weighted by Gasteiger charge is 2.23. The lowest BCUT2D eigenvalue weighted by Gasteiger charge is -2.35. The van der Waals surface area contributed by atoms with Gasteiger partial charge in [0.25, 0.3) is 0 Å². The standard InChI is InChI=1S/C17H25N3O/c1-3-20(16-7-5-15(19)6-8-16)12-13-4-9-17(21-2)14(10-13)11-18/h4,9-10,15-16H,3,5-8,12,19H2,1-2H3. The molecule has 2 rings (SSSR count). The van der Waals surface area contributed by atoms with Crippen LogP contribution in [0.2, 0.25) is 0 Å². The van der Waals surface area contributed by atoms with Crippen molar-refractivity contribution in [3.63, 3.8) is 0 Å². The first-order chi connectivity index (χ1) is 10.2. The molecule has 0 bridgehead atoms. The van der Waals surface area contributed by atoms with Gasteiger partial charge in [-0.1, -0.05) is 13.0 Å². The molecule has 1 fully saturated rings. The maximum Gasteiger partial charge on any atom is 0.136 e. The minimum atomic E-state index is 0.381. The molecule has 1 aliphatic rings. The van der Waals surface area contributed by atoms with E-state index in [0.717, 1.165) is 25.9 Å². The Bertz CT molecular complexity index is 501. The van der Waals surface area contributed by atoms with Crippen LogP contribution in [0.25, 0.3) is 0 Å². The second-order valence-corrected chi connectivity index (χ2v) is 5.78. The smallest absolute Gasteiger partial charge is 0.136 e. The first-order valence-corrected chi connectivity index (χ1v) is 7.74. The summed E-state index contributed by atoms with van der Waals surface area (Å²) in [6, 6.07) is 9.08. The molecule has 4 nitrogen and oxygen atoms in total. The molecule has 1 aliphatic carbocycles. The maximum absolute atomic E-state index is 9.19. The molecular weight excluding hydrogens is 262 g/mol. The van der Waals surface area contributed by atoms with Gasteiger partial charge in [0.2, 0.25) is 0 Å². The van der Waals surface area contributed by atoms with Crippen LogP contribution in [0.4, 0.5) is 0 Å². The Labute approximate surface area is 127 Å². The summed E-state index contributed by atoms with van der Waals surface area (Å²) in [6.07, 6.45) is 4.59. The van der Waals surface area contributed by atoms with Gasteiger partial charge in [0.1, 0.15) is 11.8 Å². The molecule has 4 heteroatoms. The second kappa shape index (κ2) is 7.44. The molecule has 2 N–H and O–H groups in total. The summed E-state index contributed by atoms with van der Waals surface area (Å²) in [7, 11) is 1.60. The highest BCUT2D eigenvalue weighted by Crippen LogP contribution is 2.25. The molecule has 21 heavy (non-hydrogen) atoms. The van der Waals surface area contributed by atoms with Gasteiger partial charge in [-0.05, 0) is 49.9 Å². The van der Waals surface area contributed by atoms with Gasteiger partial charge in [0.05, 0.1) is 12.7 Å². The van der Waals surface area contributed by atoms with E-state index in [-0.39, 0.29) is 0 Å². The van der Waals surface area contributed by atoms with Crippen LogP contribution >= 0.6 is 0 Å². The quantitative estimate of drug-likeness (QED) is 0.904. The Hall–Kier alpha value is -1.57. The number of nitrogens with two attached hydrogens (primary N) is 1. The van der Waals surface area contributed by atoms with Crippen LogP contribution in [-0.2, 0) is 6.54 Å². The van der Waals surface area contributed by atoms with Crippen LogP contribution in [0.5, 0.6) is 5.75 Å². The zero-order chi connectivity index (χ0) is 15.2. The van der Waals surface area contributed by atoms with Gasteiger partial charge in [-0.25, -0.2) is 0 Å². The van der Waals surface area contributed by atoms with Crippen molar-refractivity contribution in [2.45, 2.75) is 51.2 Å². The minimum absolute atomic E-state index is 0.381. The van der Waals surface area contributed by atoms with Gasteiger partial charge < -0.3 is 10.5 Å². The summed E-state index contributed by atoms with van der Waals surface area (Å²) in [4.78, 5) is 2.49. The molecule has 0 aromatic heterocycles. The Morgan fingerprint density at radius 2 is 2.05 bits per heavy atom. The van der Waals surface area contributed by atoms with Crippen molar-refractivity contribution in [2.24, 2.45) is 5.73 Å². The van der Waals surface area contributed by atoms with E-state index < -0.39 is 0 Å². The van der Waals surface area contributed by atoms with Crippen molar-refractivity contribution < 1.29 is 4.74 Å². The third kappa shape index (κ3) is 3.96. The molecule has 1 saturated carbocycles. The van der Waals surface area contributed by atoms with E-state index in [9.17, 15) is 5.26 Å². The first kappa shape index (κ1) is 15.8. The van der Waals surface area contributed by atoms with Crippen molar-refractivity contribution in [3.05, 3.63) is 29.3 Å². The molecule has 0 unspecified atom stereocenters. The number of nitriles is 1. The average molecular weight is 287 g/mol. The SMILES string of the molecule is CCN(Cc1ccc(OC)c(C#N)c1)C1CCC(N)CC1. The molecular formula is C17H25N3O. The summed E-state index contributed by atoms with van der Waals surface area (Å²) >= 11 is 0. The Balaban J connectivity index is 2.06. The average Bonchev–Trinajstić information content (AvgIpc) is 2.53. The predicted octanol–water partition coefficient (Wildman–Crippen LogP) is 2.66. The summed E-state index contributed by atoms with van der Waals surface area (Å²) in [5, 5.41) is 9.19. The summed E-state index contributed by atoms with van der Waals surface area (Å²) in [5.74, 6) is 0.646. The van der Waals surface area contributed by atoms with Crippen LogP contribution in [-0.4, -0.2) is 30.6 Å². The molecule has 1 aromatic carbocycles. The Kier molecular flexibility index (Phi) is 5.60. The number of hydrogen-bond donors (Lipinski definition) is 1. The van der Waals surface area contributed by atoms with Crippen molar-refractivity contribution in [2.75, 3.05) is 13.7 Å². The van der Waals surface area contributed by atoms with Crippen LogP contribution in [0.3, 0.4) is 0 Å². The third-order valence-electron chi connectivity index (χ3n) is 4.43. The molecule has 0 radical (unpaired) electrons. The zero-order valence-electron chi connectivity index (χ0n) is 13.0. The lowest BCUT2D eigenvalue weighted by Crippen LogP contribution is -2.40. The number of benzene rings is 1. The van der Waals surface area contributed by atoms with E-state index >= 15 is 0 Å². The molecule has 0 spiro atoms. The van der Waals surface area contributed by atoms with Crippen LogP contribution in [0, 0.1) is 11.3 Å². The van der Waals surface area contributed by atoms with Crippen LogP contribution < -0.4 is 10.5 Å². The van der Waals surface area contributed by atoms with E-state index in [4.69, 9.17) is 10.5 Å². The van der Waals surface area contributed by atoms with E-state index in [1.807, 2.05) is 12.1 Å². The van der Waals surface area contributed by atoms with E-state index in [1.54, 1.807) is 7.11 Å². The number of hydrogen-bond acceptors (Lipinski definition) is 4. The topological polar surface area (TPSA) is 62.3 Å². The number of nitrogens with zero attached hydrogens (tertiary/aromatic N) is 2. The van der Waals surface area contributed by atoms with Gasteiger partial charge in [0.15, 0.2) is 0 Å².